The van der Waals surface area contributed by atoms with Crippen LogP contribution in [0.2, 0.25) is 0 Å². The van der Waals surface area contributed by atoms with Gasteiger partial charge in [-0.2, -0.15) is 0 Å². The van der Waals surface area contributed by atoms with E-state index in [1.807, 2.05) is 6.07 Å². The minimum absolute atomic E-state index is 0.433. The average molecular weight is 250 g/mol. The minimum atomic E-state index is 0.433. The zero-order chi connectivity index (χ0) is 13.0. The van der Waals surface area contributed by atoms with Crippen LogP contribution < -0.4 is 5.32 Å². The van der Waals surface area contributed by atoms with Gasteiger partial charge in [0.25, 0.3) is 0 Å². The maximum Gasteiger partial charge on any atom is 0.117 e. The highest BCUT2D eigenvalue weighted by molar-refractivity contribution is 4.99. The maximum absolute atomic E-state index is 5.47. The Kier molecular flexibility index (Phi) is 4.46. The van der Waals surface area contributed by atoms with Crippen molar-refractivity contribution >= 4 is 0 Å². The van der Waals surface area contributed by atoms with Crippen LogP contribution in [0.15, 0.2) is 22.8 Å². The van der Waals surface area contributed by atoms with Crippen LogP contribution in [-0.4, -0.2) is 31.1 Å². The Labute approximate surface area is 111 Å². The molecule has 2 rings (SSSR count). The van der Waals surface area contributed by atoms with Crippen molar-refractivity contribution in [3.8, 4) is 0 Å². The quantitative estimate of drug-likeness (QED) is 0.841. The molecule has 102 valence electrons. The first-order chi connectivity index (χ1) is 8.66. The molecule has 1 aliphatic heterocycles. The third-order valence-corrected chi connectivity index (χ3v) is 4.45. The monoisotopic (exact) mass is 250 g/mol. The normalized spacial score (nSPS) is 24.3. The van der Waals surface area contributed by atoms with Crippen LogP contribution in [0.25, 0.3) is 0 Å². The van der Waals surface area contributed by atoms with Gasteiger partial charge in [0.2, 0.25) is 0 Å². The van der Waals surface area contributed by atoms with Gasteiger partial charge in [-0.1, -0.05) is 20.8 Å². The number of hydrogen-bond acceptors (Lipinski definition) is 3. The van der Waals surface area contributed by atoms with E-state index in [4.69, 9.17) is 4.42 Å². The van der Waals surface area contributed by atoms with Gasteiger partial charge in [0.05, 0.1) is 12.8 Å². The Hall–Kier alpha value is -0.800. The SMILES string of the molecule is CCN(Cc1ccco1)CC1(C(C)C)CCNC1. The summed E-state index contributed by atoms with van der Waals surface area (Å²) in [6.07, 6.45) is 3.05. The summed E-state index contributed by atoms with van der Waals surface area (Å²) in [6, 6.07) is 4.04. The van der Waals surface area contributed by atoms with Gasteiger partial charge in [0.1, 0.15) is 5.76 Å². The summed E-state index contributed by atoms with van der Waals surface area (Å²) in [5, 5.41) is 3.53. The Morgan fingerprint density at radius 1 is 1.50 bits per heavy atom. The van der Waals surface area contributed by atoms with Crippen molar-refractivity contribution in [1.82, 2.24) is 10.2 Å². The highest BCUT2D eigenvalue weighted by atomic mass is 16.3. The molecule has 0 radical (unpaired) electrons. The summed E-state index contributed by atoms with van der Waals surface area (Å²) in [6.45, 7) is 12.4. The van der Waals surface area contributed by atoms with Crippen molar-refractivity contribution in [3.05, 3.63) is 24.2 Å². The molecule has 0 aliphatic carbocycles. The smallest absolute Gasteiger partial charge is 0.117 e. The van der Waals surface area contributed by atoms with Gasteiger partial charge in [-0.15, -0.1) is 0 Å². The third-order valence-electron chi connectivity index (χ3n) is 4.45. The first-order valence-electron chi connectivity index (χ1n) is 7.12. The van der Waals surface area contributed by atoms with Crippen LogP contribution in [0, 0.1) is 11.3 Å². The first-order valence-corrected chi connectivity index (χ1v) is 7.12. The second kappa shape index (κ2) is 5.89. The first kappa shape index (κ1) is 13.6. The molecule has 3 heteroatoms. The lowest BCUT2D eigenvalue weighted by Crippen LogP contribution is -2.42. The lowest BCUT2D eigenvalue weighted by Gasteiger charge is -2.37. The largest absolute Gasteiger partial charge is 0.468 e. The Balaban J connectivity index is 2.00. The molecular weight excluding hydrogens is 224 g/mol. The number of hydrogen-bond donors (Lipinski definition) is 1. The number of nitrogens with one attached hydrogen (secondary N) is 1. The average Bonchev–Trinajstić information content (AvgIpc) is 2.99. The van der Waals surface area contributed by atoms with E-state index in [1.54, 1.807) is 6.26 Å². The van der Waals surface area contributed by atoms with Gasteiger partial charge in [0.15, 0.2) is 0 Å². The van der Waals surface area contributed by atoms with Gasteiger partial charge < -0.3 is 9.73 Å². The van der Waals surface area contributed by atoms with E-state index in [9.17, 15) is 0 Å². The van der Waals surface area contributed by atoms with Crippen LogP contribution in [0.5, 0.6) is 0 Å². The van der Waals surface area contributed by atoms with E-state index < -0.39 is 0 Å². The predicted octanol–water partition coefficient (Wildman–Crippen LogP) is 2.74. The molecule has 1 unspecified atom stereocenters. The Morgan fingerprint density at radius 3 is 2.83 bits per heavy atom. The van der Waals surface area contributed by atoms with Crippen LogP contribution in [0.4, 0.5) is 0 Å². The molecule has 2 heterocycles. The second-order valence-corrected chi connectivity index (χ2v) is 5.83. The third kappa shape index (κ3) is 2.96. The van der Waals surface area contributed by atoms with Crippen molar-refractivity contribution in [2.45, 2.75) is 33.7 Å². The molecule has 0 bridgehead atoms. The van der Waals surface area contributed by atoms with E-state index in [2.05, 4.69) is 37.1 Å². The standard InChI is InChI=1S/C15H26N2O/c1-4-17(10-14-6-5-9-18-14)12-15(13(2)3)7-8-16-11-15/h5-6,9,13,16H,4,7-8,10-12H2,1-3H3. The van der Waals surface area contributed by atoms with Crippen LogP contribution in [0.3, 0.4) is 0 Å². The van der Waals surface area contributed by atoms with Crippen LogP contribution in [0.1, 0.15) is 33.0 Å². The van der Waals surface area contributed by atoms with Gasteiger partial charge >= 0.3 is 0 Å². The summed E-state index contributed by atoms with van der Waals surface area (Å²) in [5.74, 6) is 1.79. The van der Waals surface area contributed by atoms with Crippen LogP contribution >= 0.6 is 0 Å². The molecule has 0 saturated carbocycles. The molecule has 1 aliphatic rings. The van der Waals surface area contributed by atoms with Gasteiger partial charge in [-0.3, -0.25) is 4.90 Å². The number of rotatable bonds is 6. The zero-order valence-corrected chi connectivity index (χ0v) is 11.9. The molecule has 3 nitrogen and oxygen atoms in total. The number of furan rings is 1. The fourth-order valence-corrected chi connectivity index (χ4v) is 2.92. The predicted molar refractivity (Wildman–Crippen MR) is 74.4 cm³/mol. The highest BCUT2D eigenvalue weighted by Gasteiger charge is 2.38. The summed E-state index contributed by atoms with van der Waals surface area (Å²) in [4.78, 5) is 2.51. The summed E-state index contributed by atoms with van der Waals surface area (Å²) < 4.78 is 5.47. The zero-order valence-electron chi connectivity index (χ0n) is 11.9. The van der Waals surface area contributed by atoms with E-state index in [1.165, 1.54) is 6.42 Å². The molecule has 1 aromatic heterocycles. The Bertz CT molecular complexity index is 339. The molecule has 1 aromatic rings. The van der Waals surface area contributed by atoms with E-state index >= 15 is 0 Å². The molecule has 0 aromatic carbocycles. The van der Waals surface area contributed by atoms with Crippen molar-refractivity contribution in [3.63, 3.8) is 0 Å². The maximum atomic E-state index is 5.47. The van der Waals surface area contributed by atoms with Crippen molar-refractivity contribution in [2.75, 3.05) is 26.2 Å². The van der Waals surface area contributed by atoms with Crippen molar-refractivity contribution < 1.29 is 4.42 Å². The fraction of sp³-hybridized carbons (Fsp3) is 0.733. The topological polar surface area (TPSA) is 28.4 Å². The minimum Gasteiger partial charge on any atom is -0.468 e. The lowest BCUT2D eigenvalue weighted by atomic mass is 9.76. The summed E-state index contributed by atoms with van der Waals surface area (Å²) >= 11 is 0. The van der Waals surface area contributed by atoms with E-state index in [0.717, 1.165) is 44.4 Å². The molecule has 18 heavy (non-hydrogen) atoms. The molecule has 1 saturated heterocycles. The molecule has 0 spiro atoms. The molecular formula is C15H26N2O. The Morgan fingerprint density at radius 2 is 2.33 bits per heavy atom. The highest BCUT2D eigenvalue weighted by Crippen LogP contribution is 2.35. The van der Waals surface area contributed by atoms with Gasteiger partial charge in [-0.25, -0.2) is 0 Å². The lowest BCUT2D eigenvalue weighted by molar-refractivity contribution is 0.111. The molecule has 1 atom stereocenters. The van der Waals surface area contributed by atoms with Gasteiger partial charge in [0, 0.05) is 13.1 Å². The second-order valence-electron chi connectivity index (χ2n) is 5.83. The van der Waals surface area contributed by atoms with Crippen LogP contribution in [-0.2, 0) is 6.54 Å². The molecule has 0 amide bonds. The van der Waals surface area contributed by atoms with Gasteiger partial charge in [-0.05, 0) is 43.0 Å². The van der Waals surface area contributed by atoms with E-state index in [0.29, 0.717) is 5.41 Å². The van der Waals surface area contributed by atoms with Crippen molar-refractivity contribution in [2.24, 2.45) is 11.3 Å². The van der Waals surface area contributed by atoms with Crippen molar-refractivity contribution in [1.29, 1.82) is 0 Å². The summed E-state index contributed by atoms with van der Waals surface area (Å²) in [7, 11) is 0. The number of nitrogens with zero attached hydrogens (tertiary/aromatic N) is 1. The molecule has 1 N–H and O–H groups in total. The molecule has 1 fully saturated rings. The van der Waals surface area contributed by atoms with E-state index in [-0.39, 0.29) is 0 Å². The summed E-state index contributed by atoms with van der Waals surface area (Å²) in [5.41, 5.74) is 0.433. The fourth-order valence-electron chi connectivity index (χ4n) is 2.92.